The lowest BCUT2D eigenvalue weighted by atomic mass is 9.62. The molecule has 3 atom stereocenters. The number of nitrogens with zero attached hydrogens (tertiary/aromatic N) is 2. The van der Waals surface area contributed by atoms with Crippen LogP contribution >= 0.6 is 0 Å². The first-order valence-corrected chi connectivity index (χ1v) is 9.78. The van der Waals surface area contributed by atoms with E-state index in [0.717, 1.165) is 43.8 Å². The van der Waals surface area contributed by atoms with E-state index in [-0.39, 0.29) is 17.3 Å². The highest BCUT2D eigenvalue weighted by atomic mass is 16.5. The van der Waals surface area contributed by atoms with Gasteiger partial charge >= 0.3 is 5.97 Å². The minimum atomic E-state index is -0.213. The van der Waals surface area contributed by atoms with Crippen LogP contribution in [0.5, 0.6) is 0 Å². The molecule has 0 aromatic heterocycles. The van der Waals surface area contributed by atoms with Crippen molar-refractivity contribution in [3.63, 3.8) is 0 Å². The third-order valence-corrected chi connectivity index (χ3v) is 6.66. The standard InChI is InChI=1S/C23H24N2O2/c1-27-22(26)17-11-12-20-23(18-9-5-6-10-19(18)24-21(17)23)13-14-25(20)15-16-7-3-2-4-8-16/h2-10,17,20H,11-15H2,1H3. The van der Waals surface area contributed by atoms with Crippen LogP contribution < -0.4 is 0 Å². The predicted molar refractivity (Wildman–Crippen MR) is 105 cm³/mol. The second kappa shape index (κ2) is 6.31. The van der Waals surface area contributed by atoms with E-state index in [4.69, 9.17) is 9.73 Å². The van der Waals surface area contributed by atoms with E-state index < -0.39 is 0 Å². The van der Waals surface area contributed by atoms with Crippen LogP contribution in [0.1, 0.15) is 30.4 Å². The van der Waals surface area contributed by atoms with Crippen LogP contribution in [0.2, 0.25) is 0 Å². The Kier molecular flexibility index (Phi) is 3.90. The minimum Gasteiger partial charge on any atom is -0.469 e. The zero-order chi connectivity index (χ0) is 18.4. The van der Waals surface area contributed by atoms with Crippen molar-refractivity contribution in [2.24, 2.45) is 10.9 Å². The highest BCUT2D eigenvalue weighted by molar-refractivity contribution is 6.13. The summed E-state index contributed by atoms with van der Waals surface area (Å²) in [6, 6.07) is 19.5. The third kappa shape index (κ3) is 2.39. The van der Waals surface area contributed by atoms with Crippen LogP contribution in [0.15, 0.2) is 59.6 Å². The van der Waals surface area contributed by atoms with Gasteiger partial charge in [-0.25, -0.2) is 0 Å². The predicted octanol–water partition coefficient (Wildman–Crippen LogP) is 3.87. The van der Waals surface area contributed by atoms with Crippen LogP contribution in [0.25, 0.3) is 0 Å². The van der Waals surface area contributed by atoms with E-state index in [0.29, 0.717) is 6.04 Å². The maximum absolute atomic E-state index is 12.5. The molecule has 27 heavy (non-hydrogen) atoms. The van der Waals surface area contributed by atoms with E-state index in [1.165, 1.54) is 18.2 Å². The molecule has 2 heterocycles. The Morgan fingerprint density at radius 2 is 1.93 bits per heavy atom. The fourth-order valence-corrected chi connectivity index (χ4v) is 5.54. The van der Waals surface area contributed by atoms with E-state index in [1.54, 1.807) is 0 Å². The van der Waals surface area contributed by atoms with Gasteiger partial charge < -0.3 is 4.74 Å². The first kappa shape index (κ1) is 16.7. The largest absolute Gasteiger partial charge is 0.469 e. The van der Waals surface area contributed by atoms with Gasteiger partial charge in [0.05, 0.1) is 24.1 Å². The molecule has 1 aliphatic carbocycles. The minimum absolute atomic E-state index is 0.136. The Hall–Kier alpha value is -2.46. The highest BCUT2D eigenvalue weighted by Gasteiger charge is 2.59. The Morgan fingerprint density at radius 3 is 2.74 bits per heavy atom. The number of aliphatic imine (C=N–C) groups is 1. The number of esters is 1. The topological polar surface area (TPSA) is 41.9 Å². The number of benzene rings is 2. The van der Waals surface area contributed by atoms with E-state index >= 15 is 0 Å². The van der Waals surface area contributed by atoms with Crippen molar-refractivity contribution in [2.75, 3.05) is 13.7 Å². The monoisotopic (exact) mass is 360 g/mol. The normalized spacial score (nSPS) is 28.9. The molecule has 2 aromatic carbocycles. The van der Waals surface area contributed by atoms with Gasteiger partial charge in [0.15, 0.2) is 0 Å². The van der Waals surface area contributed by atoms with Crippen molar-refractivity contribution in [1.29, 1.82) is 0 Å². The second-order valence-electron chi connectivity index (χ2n) is 7.86. The first-order chi connectivity index (χ1) is 13.2. The summed E-state index contributed by atoms with van der Waals surface area (Å²) in [4.78, 5) is 20.1. The number of fused-ring (bicyclic) bond motifs is 1. The van der Waals surface area contributed by atoms with Crippen molar-refractivity contribution in [1.82, 2.24) is 4.90 Å². The van der Waals surface area contributed by atoms with Crippen LogP contribution in [-0.4, -0.2) is 36.3 Å². The first-order valence-electron chi connectivity index (χ1n) is 9.78. The summed E-state index contributed by atoms with van der Waals surface area (Å²) in [6.45, 7) is 1.98. The van der Waals surface area contributed by atoms with Crippen LogP contribution in [0, 0.1) is 5.92 Å². The molecule has 2 fully saturated rings. The number of hydrogen-bond acceptors (Lipinski definition) is 4. The summed E-state index contributed by atoms with van der Waals surface area (Å²) in [7, 11) is 1.49. The number of methoxy groups -OCH3 is 1. The fraction of sp³-hybridized carbons (Fsp3) is 0.391. The summed E-state index contributed by atoms with van der Waals surface area (Å²) >= 11 is 0. The molecule has 2 aliphatic heterocycles. The maximum atomic E-state index is 12.5. The highest BCUT2D eigenvalue weighted by Crippen LogP contribution is 2.55. The number of hydrogen-bond donors (Lipinski definition) is 0. The van der Waals surface area contributed by atoms with Gasteiger partial charge in [0.2, 0.25) is 0 Å². The van der Waals surface area contributed by atoms with Gasteiger partial charge in [-0.1, -0.05) is 48.5 Å². The quantitative estimate of drug-likeness (QED) is 0.781. The molecular formula is C23H24N2O2. The Morgan fingerprint density at radius 1 is 1.15 bits per heavy atom. The number of carbonyl (C=O) groups excluding carboxylic acids is 1. The number of rotatable bonds is 3. The Balaban J connectivity index is 1.56. The molecule has 0 bridgehead atoms. The molecule has 0 radical (unpaired) electrons. The molecule has 4 nitrogen and oxygen atoms in total. The smallest absolute Gasteiger partial charge is 0.314 e. The molecule has 0 amide bonds. The lowest BCUT2D eigenvalue weighted by Crippen LogP contribution is -2.53. The zero-order valence-electron chi connectivity index (χ0n) is 15.6. The van der Waals surface area contributed by atoms with Crippen molar-refractivity contribution in [3.05, 3.63) is 65.7 Å². The maximum Gasteiger partial charge on any atom is 0.314 e. The molecule has 0 N–H and O–H groups in total. The molecule has 1 spiro atoms. The number of likely N-dealkylation sites (tertiary alicyclic amines) is 1. The molecule has 138 valence electrons. The zero-order valence-corrected chi connectivity index (χ0v) is 15.6. The number of carbonyl (C=O) groups is 1. The number of ether oxygens (including phenoxy) is 1. The fourth-order valence-electron chi connectivity index (χ4n) is 5.54. The SMILES string of the molecule is COC(=O)C1CCC2N(Cc3ccccc3)CCC23C1=Nc1ccccc13. The molecule has 2 aromatic rings. The van der Waals surface area contributed by atoms with Crippen LogP contribution in [0.4, 0.5) is 5.69 Å². The average molecular weight is 360 g/mol. The van der Waals surface area contributed by atoms with Gasteiger partial charge in [-0.2, -0.15) is 0 Å². The summed E-state index contributed by atoms with van der Waals surface area (Å²) < 4.78 is 5.13. The van der Waals surface area contributed by atoms with Crippen LogP contribution in [0.3, 0.4) is 0 Å². The number of para-hydroxylation sites is 1. The average Bonchev–Trinajstić information content (AvgIpc) is 3.25. The summed E-state index contributed by atoms with van der Waals surface area (Å²) in [5.74, 6) is -0.351. The van der Waals surface area contributed by atoms with Gasteiger partial charge in [-0.15, -0.1) is 0 Å². The third-order valence-electron chi connectivity index (χ3n) is 6.66. The van der Waals surface area contributed by atoms with Gasteiger partial charge in [0.25, 0.3) is 0 Å². The lowest BCUT2D eigenvalue weighted by Gasteiger charge is -2.43. The Bertz CT molecular complexity index is 908. The molecule has 1 saturated heterocycles. The van der Waals surface area contributed by atoms with Crippen molar-refractivity contribution < 1.29 is 9.53 Å². The Labute approximate surface area is 159 Å². The van der Waals surface area contributed by atoms with E-state index in [9.17, 15) is 4.79 Å². The van der Waals surface area contributed by atoms with Gasteiger partial charge in [-0.05, 0) is 36.5 Å². The van der Waals surface area contributed by atoms with Gasteiger partial charge in [0, 0.05) is 24.8 Å². The van der Waals surface area contributed by atoms with Gasteiger partial charge in [0.1, 0.15) is 0 Å². The van der Waals surface area contributed by atoms with Crippen LogP contribution in [-0.2, 0) is 21.5 Å². The van der Waals surface area contributed by atoms with Gasteiger partial charge in [-0.3, -0.25) is 14.7 Å². The lowest BCUT2D eigenvalue weighted by molar-refractivity contribution is -0.143. The molecule has 1 saturated carbocycles. The van der Waals surface area contributed by atoms with Crippen molar-refractivity contribution in [2.45, 2.75) is 37.3 Å². The molecule has 4 heteroatoms. The molecule has 3 aliphatic rings. The summed E-state index contributed by atoms with van der Waals surface area (Å²) in [5, 5.41) is 0. The van der Waals surface area contributed by atoms with Crippen molar-refractivity contribution >= 4 is 17.4 Å². The van der Waals surface area contributed by atoms with E-state index in [2.05, 4.69) is 53.4 Å². The molecular weight excluding hydrogens is 336 g/mol. The summed E-state index contributed by atoms with van der Waals surface area (Å²) in [6.07, 6.45) is 2.84. The molecule has 5 rings (SSSR count). The van der Waals surface area contributed by atoms with E-state index in [1.807, 2.05) is 6.07 Å². The second-order valence-corrected chi connectivity index (χ2v) is 7.86. The van der Waals surface area contributed by atoms with Crippen molar-refractivity contribution in [3.8, 4) is 0 Å². The summed E-state index contributed by atoms with van der Waals surface area (Å²) in [5.41, 5.74) is 4.59. The molecule has 3 unspecified atom stereocenters.